The number of nitrogens with one attached hydrogen (secondary N) is 1. The highest BCUT2D eigenvalue weighted by Crippen LogP contribution is 2.06. The Bertz CT molecular complexity index is 286. The minimum Gasteiger partial charge on any atom is -0.328 e. The summed E-state index contributed by atoms with van der Waals surface area (Å²) in [5.41, 5.74) is 0.718. The third-order valence-corrected chi connectivity index (χ3v) is 2.00. The fraction of sp³-hybridized carbons (Fsp3) is 0.167. The lowest BCUT2D eigenvalue weighted by Crippen LogP contribution is -2.05. The molecule has 11 heavy (non-hydrogen) atoms. The standard InChI is InChI=1S/C6H5BrClNO.BrH/c7-2-4-1-5(8)6(10)9-3-4;/h1,3H,2H2,(H,9,10);1H. The van der Waals surface area contributed by atoms with Crippen molar-refractivity contribution >= 4 is 44.5 Å². The van der Waals surface area contributed by atoms with Crippen LogP contribution in [-0.4, -0.2) is 4.98 Å². The number of alkyl halides is 1. The van der Waals surface area contributed by atoms with Crippen molar-refractivity contribution in [3.8, 4) is 0 Å². The molecule has 0 saturated carbocycles. The van der Waals surface area contributed by atoms with Crippen molar-refractivity contribution < 1.29 is 0 Å². The molecule has 1 rings (SSSR count). The third-order valence-electron chi connectivity index (χ3n) is 1.07. The number of rotatable bonds is 1. The lowest BCUT2D eigenvalue weighted by Gasteiger charge is -1.92. The number of aromatic nitrogens is 1. The molecule has 0 aliphatic carbocycles. The summed E-state index contributed by atoms with van der Waals surface area (Å²) in [5.74, 6) is 0. The molecule has 0 aliphatic rings. The Balaban J connectivity index is 0.000001000. The predicted octanol–water partition coefficient (Wildman–Crippen LogP) is 2.50. The van der Waals surface area contributed by atoms with Crippen LogP contribution in [0.15, 0.2) is 17.1 Å². The second-order valence-corrected chi connectivity index (χ2v) is 2.79. The molecule has 1 aromatic heterocycles. The number of hydrogen-bond acceptors (Lipinski definition) is 1. The summed E-state index contributed by atoms with van der Waals surface area (Å²) in [5, 5.41) is 0.931. The molecule has 0 aromatic carbocycles. The molecule has 0 atom stereocenters. The van der Waals surface area contributed by atoms with E-state index in [1.165, 1.54) is 0 Å². The monoisotopic (exact) mass is 301 g/mol. The number of hydrogen-bond donors (Lipinski definition) is 1. The van der Waals surface area contributed by atoms with E-state index in [9.17, 15) is 4.79 Å². The number of aromatic amines is 1. The van der Waals surface area contributed by atoms with Gasteiger partial charge in [0.05, 0.1) is 0 Å². The molecular weight excluding hydrogens is 297 g/mol. The summed E-state index contributed by atoms with van der Waals surface area (Å²) < 4.78 is 0. The number of pyridine rings is 1. The summed E-state index contributed by atoms with van der Waals surface area (Å²) >= 11 is 8.76. The normalized spacial score (nSPS) is 8.91. The van der Waals surface area contributed by atoms with Crippen molar-refractivity contribution in [1.29, 1.82) is 0 Å². The molecule has 0 bridgehead atoms. The van der Waals surface area contributed by atoms with Gasteiger partial charge in [-0.3, -0.25) is 4.79 Å². The zero-order valence-corrected chi connectivity index (χ0v) is 9.49. The van der Waals surface area contributed by atoms with E-state index in [2.05, 4.69) is 20.9 Å². The second kappa shape index (κ2) is 4.95. The van der Waals surface area contributed by atoms with E-state index in [1.54, 1.807) is 12.3 Å². The Morgan fingerprint density at radius 3 is 2.73 bits per heavy atom. The first kappa shape index (κ1) is 11.2. The van der Waals surface area contributed by atoms with E-state index in [0.717, 1.165) is 5.56 Å². The van der Waals surface area contributed by atoms with E-state index < -0.39 is 0 Å². The minimum atomic E-state index is -0.244. The van der Waals surface area contributed by atoms with E-state index in [0.29, 0.717) is 5.33 Å². The predicted molar refractivity (Wildman–Crippen MR) is 55.0 cm³/mol. The van der Waals surface area contributed by atoms with Crippen LogP contribution in [0.5, 0.6) is 0 Å². The first-order chi connectivity index (χ1) is 4.74. The van der Waals surface area contributed by atoms with Crippen LogP contribution in [0.3, 0.4) is 0 Å². The van der Waals surface area contributed by atoms with Gasteiger partial charge in [-0.2, -0.15) is 0 Å². The lowest BCUT2D eigenvalue weighted by molar-refractivity contribution is 1.19. The Morgan fingerprint density at radius 1 is 1.64 bits per heavy atom. The fourth-order valence-corrected chi connectivity index (χ4v) is 1.09. The number of H-pyrrole nitrogens is 1. The molecule has 2 nitrogen and oxygen atoms in total. The van der Waals surface area contributed by atoms with Crippen molar-refractivity contribution in [3.05, 3.63) is 33.2 Å². The molecule has 0 amide bonds. The van der Waals surface area contributed by atoms with Crippen LogP contribution < -0.4 is 5.56 Å². The molecule has 0 aliphatic heterocycles. The summed E-state index contributed by atoms with van der Waals surface area (Å²) in [6, 6.07) is 1.63. The van der Waals surface area contributed by atoms with E-state index >= 15 is 0 Å². The Labute approximate surface area is 87.9 Å². The SMILES string of the molecule is Br.O=c1[nH]cc(CBr)cc1Cl. The fourth-order valence-electron chi connectivity index (χ4n) is 0.574. The summed E-state index contributed by atoms with van der Waals surface area (Å²) in [4.78, 5) is 13.2. The molecule has 0 radical (unpaired) electrons. The van der Waals surface area contributed by atoms with Crippen LogP contribution in [0, 0.1) is 0 Å². The topological polar surface area (TPSA) is 32.9 Å². The highest BCUT2D eigenvalue weighted by atomic mass is 79.9. The van der Waals surface area contributed by atoms with Crippen LogP contribution in [0.1, 0.15) is 5.56 Å². The first-order valence-corrected chi connectivity index (χ1v) is 4.17. The molecule has 0 fully saturated rings. The highest BCUT2D eigenvalue weighted by Gasteiger charge is 1.95. The maximum atomic E-state index is 10.7. The molecule has 5 heteroatoms. The van der Waals surface area contributed by atoms with Gasteiger partial charge in [0.2, 0.25) is 0 Å². The molecule has 1 aromatic rings. The average Bonchev–Trinajstić information content (AvgIpc) is 1.95. The molecule has 0 unspecified atom stereocenters. The zero-order chi connectivity index (χ0) is 7.56. The van der Waals surface area contributed by atoms with Crippen molar-refractivity contribution in [1.82, 2.24) is 4.98 Å². The van der Waals surface area contributed by atoms with Crippen LogP contribution in [0.4, 0.5) is 0 Å². The Morgan fingerprint density at radius 2 is 2.27 bits per heavy atom. The van der Waals surface area contributed by atoms with Crippen LogP contribution >= 0.6 is 44.5 Å². The van der Waals surface area contributed by atoms with Gasteiger partial charge in [-0.1, -0.05) is 27.5 Å². The third kappa shape index (κ3) is 2.97. The van der Waals surface area contributed by atoms with Crippen LogP contribution in [0.2, 0.25) is 5.02 Å². The summed E-state index contributed by atoms with van der Waals surface area (Å²) in [7, 11) is 0. The molecule has 1 N–H and O–H groups in total. The quantitative estimate of drug-likeness (QED) is 0.795. The molecule has 0 saturated heterocycles. The van der Waals surface area contributed by atoms with Crippen LogP contribution in [0.25, 0.3) is 0 Å². The van der Waals surface area contributed by atoms with E-state index in [4.69, 9.17) is 11.6 Å². The maximum Gasteiger partial charge on any atom is 0.266 e. The highest BCUT2D eigenvalue weighted by molar-refractivity contribution is 9.08. The largest absolute Gasteiger partial charge is 0.328 e. The molecule has 0 spiro atoms. The van der Waals surface area contributed by atoms with Crippen molar-refractivity contribution in [2.75, 3.05) is 0 Å². The van der Waals surface area contributed by atoms with Crippen LogP contribution in [-0.2, 0) is 5.33 Å². The average molecular weight is 303 g/mol. The van der Waals surface area contributed by atoms with Crippen molar-refractivity contribution in [2.45, 2.75) is 5.33 Å². The summed E-state index contributed by atoms with van der Waals surface area (Å²) in [6.45, 7) is 0. The van der Waals surface area contributed by atoms with Gasteiger partial charge in [-0.15, -0.1) is 17.0 Å². The first-order valence-electron chi connectivity index (χ1n) is 2.67. The van der Waals surface area contributed by atoms with Gasteiger partial charge >= 0.3 is 0 Å². The number of halogens is 3. The van der Waals surface area contributed by atoms with Gasteiger partial charge in [0.1, 0.15) is 5.02 Å². The smallest absolute Gasteiger partial charge is 0.266 e. The lowest BCUT2D eigenvalue weighted by atomic mass is 10.3. The van der Waals surface area contributed by atoms with Gasteiger partial charge in [0.15, 0.2) is 0 Å². The van der Waals surface area contributed by atoms with Gasteiger partial charge in [-0.05, 0) is 11.6 Å². The molecular formula is C6H6Br2ClNO. The van der Waals surface area contributed by atoms with E-state index in [1.807, 2.05) is 0 Å². The van der Waals surface area contributed by atoms with Gasteiger partial charge < -0.3 is 4.98 Å². The minimum absolute atomic E-state index is 0. The Kier molecular flexibility index (Phi) is 5.04. The van der Waals surface area contributed by atoms with Crippen molar-refractivity contribution in [3.63, 3.8) is 0 Å². The zero-order valence-electron chi connectivity index (χ0n) is 5.43. The van der Waals surface area contributed by atoms with E-state index in [-0.39, 0.29) is 27.6 Å². The maximum absolute atomic E-state index is 10.7. The van der Waals surface area contributed by atoms with Crippen molar-refractivity contribution in [2.24, 2.45) is 0 Å². The van der Waals surface area contributed by atoms with Gasteiger partial charge in [-0.25, -0.2) is 0 Å². The Hall–Kier alpha value is 0.200. The molecule has 62 valence electrons. The second-order valence-electron chi connectivity index (χ2n) is 1.82. The van der Waals surface area contributed by atoms with Gasteiger partial charge in [0.25, 0.3) is 5.56 Å². The van der Waals surface area contributed by atoms with Gasteiger partial charge in [0, 0.05) is 11.5 Å². The molecule has 1 heterocycles. The summed E-state index contributed by atoms with van der Waals surface area (Å²) in [6.07, 6.45) is 1.63.